The van der Waals surface area contributed by atoms with Crippen molar-refractivity contribution in [3.63, 3.8) is 0 Å². The molecule has 0 saturated carbocycles. The van der Waals surface area contributed by atoms with Crippen LogP contribution < -0.4 is 10.1 Å². The second-order valence-corrected chi connectivity index (χ2v) is 5.59. The van der Waals surface area contributed by atoms with Gasteiger partial charge in [0, 0.05) is 6.04 Å². The fraction of sp³-hybridized carbons (Fsp3) is 0.667. The van der Waals surface area contributed by atoms with Crippen LogP contribution in [0.5, 0.6) is 5.75 Å². The Morgan fingerprint density at radius 2 is 1.70 bits per heavy atom. The van der Waals surface area contributed by atoms with Gasteiger partial charge in [-0.1, -0.05) is 32.9 Å². The highest BCUT2D eigenvalue weighted by Gasteiger charge is 2.05. The van der Waals surface area contributed by atoms with Crippen LogP contribution in [-0.2, 0) is 6.42 Å². The molecule has 0 aliphatic heterocycles. The number of hydrogen-bond acceptors (Lipinski definition) is 2. The quantitative estimate of drug-likeness (QED) is 0.676. The molecule has 0 aromatic heterocycles. The van der Waals surface area contributed by atoms with E-state index in [4.69, 9.17) is 4.74 Å². The number of nitrogens with one attached hydrogen (secondary N) is 1. The first kappa shape index (κ1) is 17.0. The van der Waals surface area contributed by atoms with Crippen LogP contribution in [0.3, 0.4) is 0 Å². The Kier molecular flexibility index (Phi) is 8.36. The smallest absolute Gasteiger partial charge is 0.119 e. The summed E-state index contributed by atoms with van der Waals surface area (Å²) < 4.78 is 5.93. The summed E-state index contributed by atoms with van der Waals surface area (Å²) in [4.78, 5) is 0. The van der Waals surface area contributed by atoms with E-state index in [9.17, 15) is 0 Å². The molecule has 0 saturated heterocycles. The molecule has 0 spiro atoms. The van der Waals surface area contributed by atoms with Gasteiger partial charge in [-0.3, -0.25) is 0 Å². The highest BCUT2D eigenvalue weighted by Crippen LogP contribution is 2.17. The molecule has 0 heterocycles. The maximum atomic E-state index is 5.93. The van der Waals surface area contributed by atoms with E-state index >= 15 is 0 Å². The van der Waals surface area contributed by atoms with Gasteiger partial charge in [-0.2, -0.15) is 0 Å². The lowest BCUT2D eigenvalue weighted by atomic mass is 10.1. The molecule has 0 bridgehead atoms. The van der Waals surface area contributed by atoms with Crippen molar-refractivity contribution in [3.05, 3.63) is 29.8 Å². The molecule has 1 aromatic carbocycles. The molecule has 1 rings (SSSR count). The van der Waals surface area contributed by atoms with Gasteiger partial charge in [0.15, 0.2) is 0 Å². The molecule has 1 N–H and O–H groups in total. The summed E-state index contributed by atoms with van der Waals surface area (Å²) in [5.41, 5.74) is 1.40. The fourth-order valence-corrected chi connectivity index (χ4v) is 2.26. The van der Waals surface area contributed by atoms with Crippen LogP contribution in [0.15, 0.2) is 24.3 Å². The summed E-state index contributed by atoms with van der Waals surface area (Å²) in [7, 11) is 0. The van der Waals surface area contributed by atoms with Crippen LogP contribution in [0.1, 0.15) is 58.9 Å². The summed E-state index contributed by atoms with van der Waals surface area (Å²) in [5, 5.41) is 3.53. The van der Waals surface area contributed by atoms with Crippen molar-refractivity contribution in [1.29, 1.82) is 0 Å². The first-order chi connectivity index (χ1) is 9.69. The molecule has 114 valence electrons. The van der Waals surface area contributed by atoms with Crippen LogP contribution in [0.25, 0.3) is 0 Å². The number of hydrogen-bond donors (Lipinski definition) is 1. The van der Waals surface area contributed by atoms with Gasteiger partial charge >= 0.3 is 0 Å². The highest BCUT2D eigenvalue weighted by molar-refractivity contribution is 5.27. The van der Waals surface area contributed by atoms with E-state index in [1.807, 2.05) is 0 Å². The van der Waals surface area contributed by atoms with Gasteiger partial charge in [0.2, 0.25) is 0 Å². The molecule has 0 aliphatic carbocycles. The molecule has 2 nitrogen and oxygen atoms in total. The zero-order valence-corrected chi connectivity index (χ0v) is 13.6. The average Bonchev–Trinajstić information content (AvgIpc) is 2.49. The first-order valence-corrected chi connectivity index (χ1v) is 8.18. The lowest BCUT2D eigenvalue weighted by Gasteiger charge is -2.16. The monoisotopic (exact) mass is 277 g/mol. The molecule has 0 amide bonds. The minimum absolute atomic E-state index is 0.346. The van der Waals surface area contributed by atoms with Gasteiger partial charge in [0.25, 0.3) is 0 Å². The molecule has 0 aliphatic rings. The average molecular weight is 277 g/mol. The Hall–Kier alpha value is -1.02. The predicted molar refractivity (Wildman–Crippen MR) is 87.5 cm³/mol. The molecule has 2 heteroatoms. The Bertz CT molecular complexity index is 343. The van der Waals surface area contributed by atoms with E-state index in [0.717, 1.165) is 31.6 Å². The minimum Gasteiger partial charge on any atom is -0.490 e. The van der Waals surface area contributed by atoms with Gasteiger partial charge in [-0.15, -0.1) is 0 Å². The van der Waals surface area contributed by atoms with Crippen LogP contribution in [-0.4, -0.2) is 18.7 Å². The van der Waals surface area contributed by atoms with Gasteiger partial charge in [-0.05, 0) is 63.3 Å². The normalized spacial score (nSPS) is 12.7. The van der Waals surface area contributed by atoms with Crippen molar-refractivity contribution in [2.45, 2.75) is 71.9 Å². The molecule has 1 atom stereocenters. The van der Waals surface area contributed by atoms with Gasteiger partial charge in [0.05, 0.1) is 6.10 Å². The van der Waals surface area contributed by atoms with Crippen molar-refractivity contribution in [1.82, 2.24) is 5.32 Å². The van der Waals surface area contributed by atoms with Gasteiger partial charge in [-0.25, -0.2) is 0 Å². The van der Waals surface area contributed by atoms with Gasteiger partial charge < -0.3 is 10.1 Å². The summed E-state index contributed by atoms with van der Waals surface area (Å²) >= 11 is 0. The topological polar surface area (TPSA) is 21.3 Å². The standard InChI is InChI=1S/C18H31NO/c1-5-14-19-15(4)8-9-16-10-12-18(13-11-16)20-17(6-2)7-3/h10-13,15,17,19H,5-9,14H2,1-4H3. The summed E-state index contributed by atoms with van der Waals surface area (Å²) in [6, 6.07) is 9.21. The van der Waals surface area contributed by atoms with Gasteiger partial charge in [0.1, 0.15) is 5.75 Å². The molecule has 1 aromatic rings. The van der Waals surface area contributed by atoms with E-state index in [-0.39, 0.29) is 0 Å². The third-order valence-electron chi connectivity index (χ3n) is 3.75. The lowest BCUT2D eigenvalue weighted by molar-refractivity contribution is 0.193. The SMILES string of the molecule is CCCNC(C)CCc1ccc(OC(CC)CC)cc1. The Balaban J connectivity index is 2.38. The third-order valence-corrected chi connectivity index (χ3v) is 3.75. The highest BCUT2D eigenvalue weighted by atomic mass is 16.5. The van der Waals surface area contributed by atoms with Crippen LogP contribution in [0.4, 0.5) is 0 Å². The van der Waals surface area contributed by atoms with Crippen LogP contribution in [0, 0.1) is 0 Å². The Morgan fingerprint density at radius 3 is 2.25 bits per heavy atom. The van der Waals surface area contributed by atoms with Crippen molar-refractivity contribution in [3.8, 4) is 5.75 Å². The Morgan fingerprint density at radius 1 is 1.05 bits per heavy atom. The second kappa shape index (κ2) is 9.82. The second-order valence-electron chi connectivity index (χ2n) is 5.59. The molecule has 1 unspecified atom stereocenters. The van der Waals surface area contributed by atoms with Crippen LogP contribution in [0.2, 0.25) is 0 Å². The predicted octanol–water partition coefficient (Wildman–Crippen LogP) is 4.57. The molecule has 0 fully saturated rings. The maximum Gasteiger partial charge on any atom is 0.119 e. The fourth-order valence-electron chi connectivity index (χ4n) is 2.26. The summed E-state index contributed by atoms with van der Waals surface area (Å²) in [5.74, 6) is 1.000. The first-order valence-electron chi connectivity index (χ1n) is 8.18. The lowest BCUT2D eigenvalue weighted by Crippen LogP contribution is -2.27. The number of aryl methyl sites for hydroxylation is 1. The summed E-state index contributed by atoms with van der Waals surface area (Å²) in [6.07, 6.45) is 6.00. The number of benzene rings is 1. The largest absolute Gasteiger partial charge is 0.490 e. The van der Waals surface area contributed by atoms with Crippen LogP contribution >= 0.6 is 0 Å². The Labute approximate surface area is 124 Å². The van der Waals surface area contributed by atoms with Crippen molar-refractivity contribution in [2.75, 3.05) is 6.54 Å². The summed E-state index contributed by atoms with van der Waals surface area (Å²) in [6.45, 7) is 9.93. The zero-order valence-electron chi connectivity index (χ0n) is 13.6. The maximum absolute atomic E-state index is 5.93. The minimum atomic E-state index is 0.346. The van der Waals surface area contributed by atoms with Crippen molar-refractivity contribution in [2.24, 2.45) is 0 Å². The molecule has 20 heavy (non-hydrogen) atoms. The van der Waals surface area contributed by atoms with E-state index in [1.54, 1.807) is 0 Å². The third kappa shape index (κ3) is 6.42. The molecular weight excluding hydrogens is 246 g/mol. The van der Waals surface area contributed by atoms with E-state index in [2.05, 4.69) is 57.3 Å². The number of ether oxygens (including phenoxy) is 1. The van der Waals surface area contributed by atoms with Crippen molar-refractivity contribution < 1.29 is 4.74 Å². The molecular formula is C18H31NO. The van der Waals surface area contributed by atoms with E-state index in [0.29, 0.717) is 12.1 Å². The van der Waals surface area contributed by atoms with Crippen molar-refractivity contribution >= 4 is 0 Å². The number of rotatable bonds is 10. The zero-order chi connectivity index (χ0) is 14.8. The van der Waals surface area contributed by atoms with E-state index in [1.165, 1.54) is 18.4 Å². The molecule has 0 radical (unpaired) electrons. The van der Waals surface area contributed by atoms with E-state index < -0.39 is 0 Å².